The van der Waals surface area contributed by atoms with Crippen LogP contribution in [0.25, 0.3) is 0 Å². The second-order valence-corrected chi connectivity index (χ2v) is 6.36. The number of hydrogen-bond donors (Lipinski definition) is 1. The van der Waals surface area contributed by atoms with Gasteiger partial charge in [0.25, 0.3) is 17.3 Å². The first-order valence-electron chi connectivity index (χ1n) is 9.50. The highest BCUT2D eigenvalue weighted by Gasteiger charge is 2.12. The molecule has 12 nitrogen and oxygen atoms in total. The number of hydrazone groups is 1. The lowest BCUT2D eigenvalue weighted by atomic mass is 10.2. The predicted octanol–water partition coefficient (Wildman–Crippen LogP) is 3.85. The molecular weight excluding hydrogens is 434 g/mol. The standard InChI is InChI=1S/C21H17N5O7/c1-2-32-19-10-14(6-8-18(19)33-20-9-7-17(13-22-20)26(30)31)12-23-24-21(27)15-4-3-5-16(11-15)25(28)29/h3-13H,2H2,1H3,(H,24,27)/b23-12+. The molecule has 3 aromatic rings. The number of rotatable bonds is 9. The molecule has 33 heavy (non-hydrogen) atoms. The van der Waals surface area contributed by atoms with Crippen molar-refractivity contribution in [2.75, 3.05) is 6.61 Å². The number of hydrogen-bond acceptors (Lipinski definition) is 9. The van der Waals surface area contributed by atoms with E-state index < -0.39 is 15.8 Å². The molecule has 0 saturated heterocycles. The lowest BCUT2D eigenvalue weighted by Crippen LogP contribution is -2.17. The maximum atomic E-state index is 12.2. The number of nitrogens with one attached hydrogen (secondary N) is 1. The Labute approximate surface area is 186 Å². The van der Waals surface area contributed by atoms with Crippen LogP contribution in [0.1, 0.15) is 22.8 Å². The second-order valence-electron chi connectivity index (χ2n) is 6.36. The van der Waals surface area contributed by atoms with Crippen LogP contribution in [0.3, 0.4) is 0 Å². The highest BCUT2D eigenvalue weighted by atomic mass is 16.6. The summed E-state index contributed by atoms with van der Waals surface area (Å²) >= 11 is 0. The minimum Gasteiger partial charge on any atom is -0.490 e. The molecule has 0 bridgehead atoms. The van der Waals surface area contributed by atoms with Gasteiger partial charge in [-0.3, -0.25) is 25.0 Å². The normalized spacial score (nSPS) is 10.6. The molecule has 1 heterocycles. The Bertz CT molecular complexity index is 1210. The van der Waals surface area contributed by atoms with Crippen molar-refractivity contribution in [1.82, 2.24) is 10.4 Å². The second kappa shape index (κ2) is 10.4. The van der Waals surface area contributed by atoms with Crippen molar-refractivity contribution < 1.29 is 24.1 Å². The molecule has 0 aliphatic heterocycles. The summed E-state index contributed by atoms with van der Waals surface area (Å²) in [6.07, 6.45) is 2.45. The number of aromatic nitrogens is 1. The summed E-state index contributed by atoms with van der Waals surface area (Å²) in [5.41, 5.74) is 2.61. The van der Waals surface area contributed by atoms with Crippen LogP contribution in [0, 0.1) is 20.2 Å². The van der Waals surface area contributed by atoms with Gasteiger partial charge in [0.05, 0.1) is 22.7 Å². The van der Waals surface area contributed by atoms with Crippen LogP contribution < -0.4 is 14.9 Å². The van der Waals surface area contributed by atoms with Crippen LogP contribution in [0.15, 0.2) is 65.9 Å². The van der Waals surface area contributed by atoms with Gasteiger partial charge < -0.3 is 9.47 Å². The number of ether oxygens (including phenoxy) is 2. The molecule has 0 unspecified atom stereocenters. The number of nitro benzene ring substituents is 1. The summed E-state index contributed by atoms with van der Waals surface area (Å²) in [7, 11) is 0. The molecule has 168 valence electrons. The fraction of sp³-hybridized carbons (Fsp3) is 0.0952. The number of carbonyl (C=O) groups excluding carboxylic acids is 1. The fourth-order valence-electron chi connectivity index (χ4n) is 2.60. The lowest BCUT2D eigenvalue weighted by molar-refractivity contribution is -0.385. The van der Waals surface area contributed by atoms with Crippen LogP contribution >= 0.6 is 0 Å². The maximum Gasteiger partial charge on any atom is 0.287 e. The SMILES string of the molecule is CCOc1cc(/C=N/NC(=O)c2cccc([N+](=O)[O-])c2)ccc1Oc1ccc([N+](=O)[O-])cn1. The van der Waals surface area contributed by atoms with E-state index in [-0.39, 0.29) is 22.8 Å². The van der Waals surface area contributed by atoms with Crippen LogP contribution in [-0.2, 0) is 0 Å². The number of carbonyl (C=O) groups is 1. The van der Waals surface area contributed by atoms with E-state index in [2.05, 4.69) is 15.5 Å². The fourth-order valence-corrected chi connectivity index (χ4v) is 2.60. The lowest BCUT2D eigenvalue weighted by Gasteiger charge is -2.11. The third-order valence-corrected chi connectivity index (χ3v) is 4.11. The summed E-state index contributed by atoms with van der Waals surface area (Å²) in [5, 5.41) is 25.4. The van der Waals surface area contributed by atoms with E-state index in [9.17, 15) is 25.0 Å². The average molecular weight is 451 g/mol. The van der Waals surface area contributed by atoms with Gasteiger partial charge in [-0.15, -0.1) is 0 Å². The van der Waals surface area contributed by atoms with E-state index in [1.807, 2.05) is 0 Å². The van der Waals surface area contributed by atoms with Crippen LogP contribution in [0.2, 0.25) is 0 Å². The minimum atomic E-state index is -0.607. The first-order valence-corrected chi connectivity index (χ1v) is 9.50. The predicted molar refractivity (Wildman–Crippen MR) is 117 cm³/mol. The van der Waals surface area contributed by atoms with Gasteiger partial charge in [-0.2, -0.15) is 5.10 Å². The molecule has 0 spiro atoms. The zero-order valence-corrected chi connectivity index (χ0v) is 17.2. The van der Waals surface area contributed by atoms with Crippen LogP contribution in [0.5, 0.6) is 17.4 Å². The van der Waals surface area contributed by atoms with Gasteiger partial charge in [-0.05, 0) is 36.8 Å². The van der Waals surface area contributed by atoms with Gasteiger partial charge in [-0.25, -0.2) is 10.4 Å². The van der Waals surface area contributed by atoms with Crippen molar-refractivity contribution in [1.29, 1.82) is 0 Å². The van der Waals surface area contributed by atoms with Gasteiger partial charge in [0, 0.05) is 29.8 Å². The van der Waals surface area contributed by atoms with Crippen molar-refractivity contribution in [2.45, 2.75) is 6.92 Å². The van der Waals surface area contributed by atoms with E-state index in [0.29, 0.717) is 23.7 Å². The number of nitrogens with zero attached hydrogens (tertiary/aromatic N) is 4. The third kappa shape index (κ3) is 6.07. The zero-order chi connectivity index (χ0) is 23.8. The summed E-state index contributed by atoms with van der Waals surface area (Å²) < 4.78 is 11.2. The van der Waals surface area contributed by atoms with Gasteiger partial charge in [-0.1, -0.05) is 6.07 Å². The molecule has 0 aliphatic rings. The zero-order valence-electron chi connectivity index (χ0n) is 17.2. The van der Waals surface area contributed by atoms with Crippen LogP contribution in [0.4, 0.5) is 11.4 Å². The van der Waals surface area contributed by atoms with Gasteiger partial charge in [0.15, 0.2) is 11.5 Å². The largest absolute Gasteiger partial charge is 0.490 e. The van der Waals surface area contributed by atoms with Crippen molar-refractivity contribution >= 4 is 23.5 Å². The minimum absolute atomic E-state index is 0.0932. The molecular formula is C21H17N5O7. The molecule has 2 aromatic carbocycles. The highest BCUT2D eigenvalue weighted by Crippen LogP contribution is 2.32. The van der Waals surface area contributed by atoms with Gasteiger partial charge in [0.1, 0.15) is 6.20 Å². The molecule has 0 atom stereocenters. The molecule has 0 fully saturated rings. The van der Waals surface area contributed by atoms with E-state index in [1.165, 1.54) is 36.5 Å². The number of non-ortho nitro benzene ring substituents is 1. The average Bonchev–Trinajstić information content (AvgIpc) is 2.81. The Morgan fingerprint density at radius 2 is 1.85 bits per heavy atom. The Morgan fingerprint density at radius 3 is 2.52 bits per heavy atom. The maximum absolute atomic E-state index is 12.2. The summed E-state index contributed by atoms with van der Waals surface area (Å²) in [6.45, 7) is 2.13. The molecule has 0 saturated carbocycles. The number of pyridine rings is 1. The molecule has 1 aromatic heterocycles. The van der Waals surface area contributed by atoms with Gasteiger partial charge in [0.2, 0.25) is 5.88 Å². The summed E-state index contributed by atoms with van der Waals surface area (Å²) in [4.78, 5) is 36.5. The number of amides is 1. The smallest absolute Gasteiger partial charge is 0.287 e. The van der Waals surface area contributed by atoms with Crippen molar-refractivity contribution in [2.24, 2.45) is 5.10 Å². The van der Waals surface area contributed by atoms with Crippen LogP contribution in [-0.4, -0.2) is 33.6 Å². The Balaban J connectivity index is 1.71. The number of nitro groups is 2. The molecule has 3 rings (SSSR count). The highest BCUT2D eigenvalue weighted by molar-refractivity contribution is 5.95. The molecule has 0 aliphatic carbocycles. The molecule has 0 radical (unpaired) electrons. The summed E-state index contributed by atoms with van der Waals surface area (Å²) in [6, 6.07) is 12.8. The number of benzene rings is 2. The molecule has 1 N–H and O–H groups in total. The Morgan fingerprint density at radius 1 is 1.06 bits per heavy atom. The quantitative estimate of drug-likeness (QED) is 0.292. The van der Waals surface area contributed by atoms with E-state index >= 15 is 0 Å². The van der Waals surface area contributed by atoms with Crippen molar-refractivity contribution in [3.63, 3.8) is 0 Å². The molecule has 1 amide bonds. The van der Waals surface area contributed by atoms with E-state index in [1.54, 1.807) is 25.1 Å². The third-order valence-electron chi connectivity index (χ3n) is 4.11. The Hall–Kier alpha value is -4.87. The van der Waals surface area contributed by atoms with Gasteiger partial charge >= 0.3 is 0 Å². The van der Waals surface area contributed by atoms with E-state index in [0.717, 1.165) is 12.3 Å². The first kappa shape index (κ1) is 22.8. The Kier molecular flexibility index (Phi) is 7.21. The summed E-state index contributed by atoms with van der Waals surface area (Å²) in [5.74, 6) is 0.235. The van der Waals surface area contributed by atoms with Crippen molar-refractivity contribution in [3.05, 3.63) is 92.1 Å². The molecule has 12 heteroatoms. The monoisotopic (exact) mass is 451 g/mol. The van der Waals surface area contributed by atoms with Crippen molar-refractivity contribution in [3.8, 4) is 17.4 Å². The van der Waals surface area contributed by atoms with E-state index in [4.69, 9.17) is 9.47 Å². The first-order chi connectivity index (χ1) is 15.9. The topological polar surface area (TPSA) is 159 Å².